The first-order valence-electron chi connectivity index (χ1n) is 5.23. The Bertz CT molecular complexity index is 448. The SMILES string of the molecule is COc1ccc(O)c(C(=O)NCCNC(N)=O)c1. The van der Waals surface area contributed by atoms with Gasteiger partial charge in [-0.15, -0.1) is 0 Å². The number of methoxy groups -OCH3 is 1. The maximum Gasteiger partial charge on any atom is 0.312 e. The Hall–Kier alpha value is -2.44. The van der Waals surface area contributed by atoms with Crippen LogP contribution >= 0.6 is 0 Å². The highest BCUT2D eigenvalue weighted by molar-refractivity contribution is 5.97. The van der Waals surface area contributed by atoms with Gasteiger partial charge in [0.15, 0.2) is 0 Å². The van der Waals surface area contributed by atoms with E-state index in [1.165, 1.54) is 19.2 Å². The van der Waals surface area contributed by atoms with Crippen LogP contribution in [0.25, 0.3) is 0 Å². The third-order valence-electron chi connectivity index (χ3n) is 2.16. The molecular formula is C11H15N3O4. The molecule has 0 spiro atoms. The minimum atomic E-state index is -0.659. The fourth-order valence-electron chi connectivity index (χ4n) is 1.28. The molecule has 0 aromatic heterocycles. The van der Waals surface area contributed by atoms with Gasteiger partial charge in [-0.05, 0) is 18.2 Å². The van der Waals surface area contributed by atoms with Crippen molar-refractivity contribution in [2.75, 3.05) is 20.2 Å². The van der Waals surface area contributed by atoms with E-state index in [4.69, 9.17) is 10.5 Å². The van der Waals surface area contributed by atoms with E-state index in [0.29, 0.717) is 5.75 Å². The topological polar surface area (TPSA) is 114 Å². The van der Waals surface area contributed by atoms with E-state index >= 15 is 0 Å². The number of nitrogens with two attached hydrogens (primary N) is 1. The molecule has 1 rings (SSSR count). The number of primary amides is 1. The van der Waals surface area contributed by atoms with Gasteiger partial charge in [-0.1, -0.05) is 0 Å². The number of rotatable bonds is 5. The lowest BCUT2D eigenvalue weighted by molar-refractivity contribution is 0.0951. The van der Waals surface area contributed by atoms with Gasteiger partial charge in [0.25, 0.3) is 5.91 Å². The fourth-order valence-corrected chi connectivity index (χ4v) is 1.28. The Morgan fingerprint density at radius 2 is 2.00 bits per heavy atom. The second-order valence-corrected chi connectivity index (χ2v) is 3.43. The van der Waals surface area contributed by atoms with Gasteiger partial charge in [0.05, 0.1) is 12.7 Å². The number of ether oxygens (including phenoxy) is 1. The highest BCUT2D eigenvalue weighted by atomic mass is 16.5. The van der Waals surface area contributed by atoms with Crippen LogP contribution in [-0.4, -0.2) is 37.2 Å². The van der Waals surface area contributed by atoms with Gasteiger partial charge in [-0.25, -0.2) is 4.79 Å². The summed E-state index contributed by atoms with van der Waals surface area (Å²) in [4.78, 5) is 22.1. The maximum atomic E-state index is 11.7. The van der Waals surface area contributed by atoms with E-state index in [-0.39, 0.29) is 24.4 Å². The molecule has 7 nitrogen and oxygen atoms in total. The van der Waals surface area contributed by atoms with Crippen LogP contribution in [0.15, 0.2) is 18.2 Å². The van der Waals surface area contributed by atoms with Gasteiger partial charge >= 0.3 is 6.03 Å². The number of urea groups is 1. The molecule has 5 N–H and O–H groups in total. The lowest BCUT2D eigenvalue weighted by Gasteiger charge is -2.08. The molecule has 1 aromatic rings. The number of nitrogens with one attached hydrogen (secondary N) is 2. The highest BCUT2D eigenvalue weighted by Crippen LogP contribution is 2.22. The van der Waals surface area contributed by atoms with Crippen molar-refractivity contribution in [1.29, 1.82) is 0 Å². The van der Waals surface area contributed by atoms with Gasteiger partial charge in [0.1, 0.15) is 11.5 Å². The summed E-state index contributed by atoms with van der Waals surface area (Å²) in [5.41, 5.74) is 4.97. The number of benzene rings is 1. The number of hydrogen-bond donors (Lipinski definition) is 4. The normalized spacial score (nSPS) is 9.61. The van der Waals surface area contributed by atoms with E-state index in [2.05, 4.69) is 10.6 Å². The molecule has 18 heavy (non-hydrogen) atoms. The Balaban J connectivity index is 2.58. The molecule has 1 aromatic carbocycles. The molecule has 0 aliphatic rings. The largest absolute Gasteiger partial charge is 0.507 e. The molecule has 0 saturated carbocycles. The zero-order chi connectivity index (χ0) is 13.5. The number of carbonyl (C=O) groups is 2. The zero-order valence-electron chi connectivity index (χ0n) is 9.90. The summed E-state index contributed by atoms with van der Waals surface area (Å²) in [6.07, 6.45) is 0. The quantitative estimate of drug-likeness (QED) is 0.544. The van der Waals surface area contributed by atoms with Gasteiger partial charge in [0, 0.05) is 13.1 Å². The van der Waals surface area contributed by atoms with Crippen molar-refractivity contribution < 1.29 is 19.4 Å². The van der Waals surface area contributed by atoms with E-state index in [1.807, 2.05) is 0 Å². The molecule has 0 aliphatic carbocycles. The Morgan fingerprint density at radius 1 is 1.33 bits per heavy atom. The molecular weight excluding hydrogens is 238 g/mol. The van der Waals surface area contributed by atoms with Crippen molar-refractivity contribution in [3.63, 3.8) is 0 Å². The standard InChI is InChI=1S/C11H15N3O4/c1-18-7-2-3-9(15)8(6-7)10(16)13-4-5-14-11(12)17/h2-3,6,15H,4-5H2,1H3,(H,13,16)(H3,12,14,17). The molecule has 0 saturated heterocycles. The van der Waals surface area contributed by atoms with Crippen molar-refractivity contribution in [3.05, 3.63) is 23.8 Å². The van der Waals surface area contributed by atoms with Crippen molar-refractivity contribution in [2.45, 2.75) is 0 Å². The van der Waals surface area contributed by atoms with Crippen molar-refractivity contribution in [3.8, 4) is 11.5 Å². The monoisotopic (exact) mass is 253 g/mol. The lowest BCUT2D eigenvalue weighted by atomic mass is 10.1. The Morgan fingerprint density at radius 3 is 2.61 bits per heavy atom. The average molecular weight is 253 g/mol. The third kappa shape index (κ3) is 3.85. The van der Waals surface area contributed by atoms with Gasteiger partial charge in [-0.2, -0.15) is 0 Å². The highest BCUT2D eigenvalue weighted by Gasteiger charge is 2.11. The molecule has 98 valence electrons. The van der Waals surface area contributed by atoms with Crippen molar-refractivity contribution in [1.82, 2.24) is 10.6 Å². The first-order chi connectivity index (χ1) is 8.54. The number of hydrogen-bond acceptors (Lipinski definition) is 4. The minimum absolute atomic E-state index is 0.105. The van der Waals surface area contributed by atoms with E-state index < -0.39 is 11.9 Å². The lowest BCUT2D eigenvalue weighted by Crippen LogP contribution is -2.37. The molecule has 0 aliphatic heterocycles. The van der Waals surface area contributed by atoms with Gasteiger partial charge in [0.2, 0.25) is 0 Å². The molecule has 0 unspecified atom stereocenters. The van der Waals surface area contributed by atoms with E-state index in [9.17, 15) is 14.7 Å². The number of carbonyl (C=O) groups excluding carboxylic acids is 2. The van der Waals surface area contributed by atoms with Gasteiger partial charge in [-0.3, -0.25) is 4.79 Å². The fraction of sp³-hybridized carbons (Fsp3) is 0.273. The van der Waals surface area contributed by atoms with Crippen molar-refractivity contribution >= 4 is 11.9 Å². The van der Waals surface area contributed by atoms with Crippen LogP contribution < -0.4 is 21.1 Å². The number of amides is 3. The first-order valence-corrected chi connectivity index (χ1v) is 5.23. The predicted molar refractivity (Wildman–Crippen MR) is 64.6 cm³/mol. The van der Waals surface area contributed by atoms with Crippen LogP contribution in [0.5, 0.6) is 11.5 Å². The Kier molecular flexibility index (Phi) is 4.79. The van der Waals surface area contributed by atoms with Crippen LogP contribution in [0.2, 0.25) is 0 Å². The first kappa shape index (κ1) is 13.6. The average Bonchev–Trinajstić information content (AvgIpc) is 2.34. The van der Waals surface area contributed by atoms with Crippen LogP contribution in [0.1, 0.15) is 10.4 Å². The van der Waals surface area contributed by atoms with Crippen molar-refractivity contribution in [2.24, 2.45) is 5.73 Å². The smallest absolute Gasteiger partial charge is 0.312 e. The predicted octanol–water partition coefficient (Wildman–Crippen LogP) is -0.201. The zero-order valence-corrected chi connectivity index (χ0v) is 9.90. The summed E-state index contributed by atoms with van der Waals surface area (Å²) in [5.74, 6) is -0.137. The van der Waals surface area contributed by atoms with E-state index in [0.717, 1.165) is 0 Å². The van der Waals surface area contributed by atoms with Gasteiger partial charge < -0.3 is 26.2 Å². The summed E-state index contributed by atoms with van der Waals surface area (Å²) in [7, 11) is 1.46. The summed E-state index contributed by atoms with van der Waals surface area (Å²) >= 11 is 0. The second-order valence-electron chi connectivity index (χ2n) is 3.43. The van der Waals surface area contributed by atoms with E-state index in [1.54, 1.807) is 6.07 Å². The molecule has 0 bridgehead atoms. The summed E-state index contributed by atoms with van der Waals surface area (Å²) in [6, 6.07) is 3.68. The molecule has 0 radical (unpaired) electrons. The van der Waals surface area contributed by atoms with Crippen LogP contribution in [0.4, 0.5) is 4.79 Å². The third-order valence-corrected chi connectivity index (χ3v) is 2.16. The van der Waals surface area contributed by atoms with Crippen LogP contribution in [0.3, 0.4) is 0 Å². The minimum Gasteiger partial charge on any atom is -0.507 e. The Labute approximate surface area is 104 Å². The number of aromatic hydroxyl groups is 1. The molecule has 0 atom stereocenters. The second kappa shape index (κ2) is 6.33. The maximum absolute atomic E-state index is 11.7. The summed E-state index contributed by atoms with van der Waals surface area (Å²) in [5, 5.41) is 14.4. The van der Waals surface area contributed by atoms with Crippen LogP contribution in [-0.2, 0) is 0 Å². The number of phenols is 1. The van der Waals surface area contributed by atoms with Crippen LogP contribution in [0, 0.1) is 0 Å². The molecule has 0 fully saturated rings. The summed E-state index contributed by atoms with van der Waals surface area (Å²) in [6.45, 7) is 0.421. The molecule has 0 heterocycles. The molecule has 3 amide bonds. The number of phenolic OH excluding ortho intramolecular Hbond substituents is 1. The summed E-state index contributed by atoms with van der Waals surface area (Å²) < 4.78 is 4.95. The molecule has 7 heteroatoms.